The van der Waals surface area contributed by atoms with Crippen LogP contribution in [0.2, 0.25) is 0 Å². The first-order valence-corrected chi connectivity index (χ1v) is 5.08. The number of ether oxygens (including phenoxy) is 1. The smallest absolute Gasteiger partial charge is 0.120 e. The minimum atomic E-state index is 0.902. The predicted molar refractivity (Wildman–Crippen MR) is 55.6 cm³/mol. The van der Waals surface area contributed by atoms with Crippen LogP contribution in [0.3, 0.4) is 0 Å². The van der Waals surface area contributed by atoms with E-state index in [2.05, 4.69) is 11.9 Å². The van der Waals surface area contributed by atoms with Gasteiger partial charge in [-0.2, -0.15) is 0 Å². The molecule has 0 aliphatic carbocycles. The summed E-state index contributed by atoms with van der Waals surface area (Å²) in [5.41, 5.74) is 1.07. The SMILES string of the molecule is CCc1nc2ccc(OC)cc2s1. The molecule has 1 aromatic heterocycles. The molecule has 3 heteroatoms. The summed E-state index contributed by atoms with van der Waals surface area (Å²) in [5.74, 6) is 0.902. The zero-order valence-corrected chi connectivity index (χ0v) is 8.52. The minimum absolute atomic E-state index is 0.902. The Balaban J connectivity index is 2.57. The van der Waals surface area contributed by atoms with Crippen LogP contribution in [-0.4, -0.2) is 12.1 Å². The lowest BCUT2D eigenvalue weighted by molar-refractivity contribution is 0.415. The van der Waals surface area contributed by atoms with Crippen LogP contribution in [0.15, 0.2) is 18.2 Å². The van der Waals surface area contributed by atoms with Crippen molar-refractivity contribution in [3.05, 3.63) is 23.2 Å². The second kappa shape index (κ2) is 3.34. The topological polar surface area (TPSA) is 22.1 Å². The third kappa shape index (κ3) is 1.52. The predicted octanol–water partition coefficient (Wildman–Crippen LogP) is 2.87. The van der Waals surface area contributed by atoms with Gasteiger partial charge in [-0.05, 0) is 24.6 Å². The highest BCUT2D eigenvalue weighted by atomic mass is 32.1. The summed E-state index contributed by atoms with van der Waals surface area (Å²) in [4.78, 5) is 4.47. The fourth-order valence-electron chi connectivity index (χ4n) is 1.23. The third-order valence-corrected chi connectivity index (χ3v) is 3.10. The summed E-state index contributed by atoms with van der Waals surface area (Å²) in [5, 5.41) is 1.18. The molecule has 0 unspecified atom stereocenters. The summed E-state index contributed by atoms with van der Waals surface area (Å²) < 4.78 is 6.35. The van der Waals surface area contributed by atoms with Crippen LogP contribution in [0, 0.1) is 0 Å². The van der Waals surface area contributed by atoms with Gasteiger partial charge in [-0.15, -0.1) is 11.3 Å². The van der Waals surface area contributed by atoms with Crippen molar-refractivity contribution in [2.45, 2.75) is 13.3 Å². The summed E-state index contributed by atoms with van der Waals surface area (Å²) >= 11 is 1.74. The fraction of sp³-hybridized carbons (Fsp3) is 0.300. The quantitative estimate of drug-likeness (QED) is 0.731. The van der Waals surface area contributed by atoms with Crippen LogP contribution in [0.5, 0.6) is 5.75 Å². The van der Waals surface area contributed by atoms with E-state index < -0.39 is 0 Å². The summed E-state index contributed by atoms with van der Waals surface area (Å²) in [6.07, 6.45) is 1.00. The zero-order chi connectivity index (χ0) is 9.26. The first-order chi connectivity index (χ1) is 6.33. The highest BCUT2D eigenvalue weighted by molar-refractivity contribution is 7.18. The molecule has 2 nitrogen and oxygen atoms in total. The molecule has 0 saturated heterocycles. The van der Waals surface area contributed by atoms with Crippen molar-refractivity contribution in [3.63, 3.8) is 0 Å². The number of aryl methyl sites for hydroxylation is 1. The number of rotatable bonds is 2. The van der Waals surface area contributed by atoms with Gasteiger partial charge in [0.25, 0.3) is 0 Å². The van der Waals surface area contributed by atoms with E-state index in [0.29, 0.717) is 0 Å². The molecule has 0 aliphatic heterocycles. The molecule has 0 fully saturated rings. The summed E-state index contributed by atoms with van der Waals surface area (Å²) in [6.45, 7) is 2.12. The second-order valence-electron chi connectivity index (χ2n) is 2.79. The number of thiazole rings is 1. The highest BCUT2D eigenvalue weighted by Crippen LogP contribution is 2.26. The van der Waals surface area contributed by atoms with Crippen molar-refractivity contribution >= 4 is 21.6 Å². The van der Waals surface area contributed by atoms with Gasteiger partial charge in [-0.3, -0.25) is 0 Å². The second-order valence-corrected chi connectivity index (χ2v) is 3.91. The molecule has 0 atom stereocenters. The molecule has 0 aliphatic rings. The Hall–Kier alpha value is -1.09. The van der Waals surface area contributed by atoms with Crippen LogP contribution >= 0.6 is 11.3 Å². The number of hydrogen-bond donors (Lipinski definition) is 0. The van der Waals surface area contributed by atoms with Gasteiger partial charge in [-0.1, -0.05) is 6.92 Å². The van der Waals surface area contributed by atoms with E-state index in [1.807, 2.05) is 18.2 Å². The van der Waals surface area contributed by atoms with Crippen LogP contribution in [0.4, 0.5) is 0 Å². The molecule has 1 heterocycles. The van der Waals surface area contributed by atoms with E-state index in [0.717, 1.165) is 17.7 Å². The van der Waals surface area contributed by atoms with Gasteiger partial charge in [0.05, 0.1) is 22.3 Å². The van der Waals surface area contributed by atoms with E-state index in [4.69, 9.17) is 4.74 Å². The van der Waals surface area contributed by atoms with E-state index in [1.54, 1.807) is 18.4 Å². The van der Waals surface area contributed by atoms with E-state index >= 15 is 0 Å². The van der Waals surface area contributed by atoms with Crippen molar-refractivity contribution in [1.82, 2.24) is 4.98 Å². The molecular formula is C10H11NOS. The Bertz CT molecular complexity index is 420. The molecule has 68 valence electrons. The molecule has 0 radical (unpaired) electrons. The Kier molecular flexibility index (Phi) is 2.19. The average molecular weight is 193 g/mol. The lowest BCUT2D eigenvalue weighted by Crippen LogP contribution is -1.80. The lowest BCUT2D eigenvalue weighted by Gasteiger charge is -1.96. The average Bonchev–Trinajstić information content (AvgIpc) is 2.58. The van der Waals surface area contributed by atoms with Gasteiger partial charge in [0.2, 0.25) is 0 Å². The first kappa shape index (κ1) is 8.51. The largest absolute Gasteiger partial charge is 0.497 e. The van der Waals surface area contributed by atoms with E-state index in [9.17, 15) is 0 Å². The minimum Gasteiger partial charge on any atom is -0.497 e. The number of methoxy groups -OCH3 is 1. The monoisotopic (exact) mass is 193 g/mol. The molecule has 0 N–H and O–H groups in total. The molecule has 2 rings (SSSR count). The van der Waals surface area contributed by atoms with Crippen molar-refractivity contribution in [2.24, 2.45) is 0 Å². The third-order valence-electron chi connectivity index (χ3n) is 1.94. The molecule has 13 heavy (non-hydrogen) atoms. The molecule has 0 amide bonds. The maximum atomic E-state index is 5.14. The van der Waals surface area contributed by atoms with Gasteiger partial charge in [0.1, 0.15) is 5.75 Å². The van der Waals surface area contributed by atoms with Gasteiger partial charge in [0, 0.05) is 0 Å². The Morgan fingerprint density at radius 3 is 3.00 bits per heavy atom. The lowest BCUT2D eigenvalue weighted by atomic mass is 10.3. The van der Waals surface area contributed by atoms with Crippen molar-refractivity contribution in [3.8, 4) is 5.75 Å². The first-order valence-electron chi connectivity index (χ1n) is 4.27. The van der Waals surface area contributed by atoms with Gasteiger partial charge in [-0.25, -0.2) is 4.98 Å². The standard InChI is InChI=1S/C10H11NOS/c1-3-10-11-8-5-4-7(12-2)6-9(8)13-10/h4-6H,3H2,1-2H3. The molecular weight excluding hydrogens is 182 g/mol. The molecule has 2 aromatic rings. The normalized spacial score (nSPS) is 10.6. The van der Waals surface area contributed by atoms with Crippen molar-refractivity contribution in [1.29, 1.82) is 0 Å². The Morgan fingerprint density at radius 2 is 2.31 bits per heavy atom. The Labute approximate surface area is 81.2 Å². The van der Waals surface area contributed by atoms with Crippen molar-refractivity contribution < 1.29 is 4.74 Å². The molecule has 0 bridgehead atoms. The Morgan fingerprint density at radius 1 is 1.46 bits per heavy atom. The maximum Gasteiger partial charge on any atom is 0.120 e. The van der Waals surface area contributed by atoms with Crippen LogP contribution < -0.4 is 4.74 Å². The number of benzene rings is 1. The van der Waals surface area contributed by atoms with Crippen molar-refractivity contribution in [2.75, 3.05) is 7.11 Å². The zero-order valence-electron chi connectivity index (χ0n) is 7.70. The fourth-order valence-corrected chi connectivity index (χ4v) is 2.17. The van der Waals surface area contributed by atoms with Gasteiger partial charge in [0.15, 0.2) is 0 Å². The number of aromatic nitrogens is 1. The number of fused-ring (bicyclic) bond motifs is 1. The maximum absolute atomic E-state index is 5.14. The molecule has 0 spiro atoms. The van der Waals surface area contributed by atoms with E-state index in [1.165, 1.54) is 9.71 Å². The van der Waals surface area contributed by atoms with Crippen LogP contribution in [0.1, 0.15) is 11.9 Å². The summed E-state index contributed by atoms with van der Waals surface area (Å²) in [7, 11) is 1.68. The molecule has 0 saturated carbocycles. The number of nitrogens with zero attached hydrogens (tertiary/aromatic N) is 1. The van der Waals surface area contributed by atoms with Crippen LogP contribution in [0.25, 0.3) is 10.2 Å². The van der Waals surface area contributed by atoms with Gasteiger partial charge < -0.3 is 4.74 Å². The van der Waals surface area contributed by atoms with Crippen LogP contribution in [-0.2, 0) is 6.42 Å². The van der Waals surface area contributed by atoms with Gasteiger partial charge >= 0.3 is 0 Å². The highest BCUT2D eigenvalue weighted by Gasteiger charge is 2.02. The molecule has 1 aromatic carbocycles. The number of hydrogen-bond acceptors (Lipinski definition) is 3. The summed E-state index contributed by atoms with van der Waals surface area (Å²) in [6, 6.07) is 5.98. The van der Waals surface area contributed by atoms with E-state index in [-0.39, 0.29) is 0 Å².